The van der Waals surface area contributed by atoms with Crippen molar-refractivity contribution in [3.05, 3.63) is 48.6 Å². The first-order chi connectivity index (χ1) is 12.9. The van der Waals surface area contributed by atoms with Gasteiger partial charge in [-0.3, -0.25) is 9.69 Å². The predicted octanol–water partition coefficient (Wildman–Crippen LogP) is 6.99. The number of hydrogen-bond donors (Lipinski definition) is 1. The third kappa shape index (κ3) is 19.1. The summed E-state index contributed by atoms with van der Waals surface area (Å²) in [6.07, 6.45) is 25.6. The standard InChI is InChI=1S/C21H34FO4P/c1-3-4-5-6-7-8-9-10-11-12-13-14-15-16-17-18-19-20(2)21(23)26-27(22,24)25/h7-8,10-11,13-14,16-17,20H,3-6,9,12,15,18-19H2,1-2H3,(H,24,25). The molecule has 0 spiro atoms. The molecule has 0 amide bonds. The van der Waals surface area contributed by atoms with Gasteiger partial charge in [-0.25, -0.2) is 4.57 Å². The van der Waals surface area contributed by atoms with Crippen LogP contribution in [0.1, 0.15) is 71.6 Å². The summed E-state index contributed by atoms with van der Waals surface area (Å²) < 4.78 is 26.6. The van der Waals surface area contributed by atoms with E-state index in [0.717, 1.165) is 19.3 Å². The first-order valence-electron chi connectivity index (χ1n) is 9.72. The Labute approximate surface area is 163 Å². The molecule has 0 fully saturated rings. The van der Waals surface area contributed by atoms with Crippen molar-refractivity contribution in [3.63, 3.8) is 0 Å². The number of carbonyl (C=O) groups is 1. The van der Waals surface area contributed by atoms with Crippen LogP contribution in [0.2, 0.25) is 0 Å². The minimum atomic E-state index is -5.24. The maximum Gasteiger partial charge on any atom is 0.569 e. The number of allylic oxidation sites excluding steroid dienone is 8. The van der Waals surface area contributed by atoms with Crippen molar-refractivity contribution in [1.82, 2.24) is 0 Å². The normalized spacial score (nSPS) is 15.9. The van der Waals surface area contributed by atoms with Gasteiger partial charge in [0, 0.05) is 0 Å². The van der Waals surface area contributed by atoms with Crippen molar-refractivity contribution >= 4 is 13.9 Å². The second kappa shape index (κ2) is 16.7. The molecule has 2 unspecified atom stereocenters. The lowest BCUT2D eigenvalue weighted by Crippen LogP contribution is -2.12. The highest BCUT2D eigenvalue weighted by molar-refractivity contribution is 7.47. The highest BCUT2D eigenvalue weighted by atomic mass is 31.2. The predicted molar refractivity (Wildman–Crippen MR) is 110 cm³/mol. The van der Waals surface area contributed by atoms with Crippen LogP contribution in [-0.4, -0.2) is 10.9 Å². The summed E-state index contributed by atoms with van der Waals surface area (Å²) in [5, 5.41) is 0. The molecule has 0 aliphatic heterocycles. The maximum absolute atomic E-state index is 12.4. The fourth-order valence-electron chi connectivity index (χ4n) is 2.23. The Hall–Kier alpha value is -1.45. The summed E-state index contributed by atoms with van der Waals surface area (Å²) in [4.78, 5) is 19.7. The Kier molecular flexibility index (Phi) is 15.8. The van der Waals surface area contributed by atoms with Crippen LogP contribution in [0.5, 0.6) is 0 Å². The molecule has 0 saturated heterocycles. The molecule has 0 aromatic carbocycles. The number of hydrogen-bond acceptors (Lipinski definition) is 3. The Morgan fingerprint density at radius 3 is 1.93 bits per heavy atom. The van der Waals surface area contributed by atoms with Gasteiger partial charge in [-0.15, -0.1) is 4.20 Å². The van der Waals surface area contributed by atoms with Crippen LogP contribution in [0.3, 0.4) is 0 Å². The maximum atomic E-state index is 12.4. The van der Waals surface area contributed by atoms with Crippen LogP contribution >= 0.6 is 7.91 Å². The van der Waals surface area contributed by atoms with E-state index in [2.05, 4.69) is 47.9 Å². The molecule has 0 aliphatic rings. The molecule has 4 nitrogen and oxygen atoms in total. The van der Waals surface area contributed by atoms with Gasteiger partial charge in [-0.05, 0) is 44.9 Å². The van der Waals surface area contributed by atoms with Crippen molar-refractivity contribution in [3.8, 4) is 0 Å². The van der Waals surface area contributed by atoms with Crippen LogP contribution in [-0.2, 0) is 13.9 Å². The van der Waals surface area contributed by atoms with Crippen LogP contribution in [0.15, 0.2) is 48.6 Å². The molecular weight excluding hydrogens is 366 g/mol. The lowest BCUT2D eigenvalue weighted by atomic mass is 10.1. The van der Waals surface area contributed by atoms with E-state index in [0.29, 0.717) is 12.8 Å². The zero-order chi connectivity index (χ0) is 20.4. The third-order valence-electron chi connectivity index (χ3n) is 3.83. The molecule has 0 radical (unpaired) electrons. The minimum absolute atomic E-state index is 0.438. The highest BCUT2D eigenvalue weighted by Crippen LogP contribution is 2.44. The van der Waals surface area contributed by atoms with Gasteiger partial charge in [0.1, 0.15) is 0 Å². The molecule has 0 heterocycles. The summed E-state index contributed by atoms with van der Waals surface area (Å²) in [6, 6.07) is 0. The van der Waals surface area contributed by atoms with E-state index >= 15 is 0 Å². The van der Waals surface area contributed by atoms with Gasteiger partial charge in [0.2, 0.25) is 0 Å². The van der Waals surface area contributed by atoms with Crippen molar-refractivity contribution in [2.45, 2.75) is 71.6 Å². The van der Waals surface area contributed by atoms with Gasteiger partial charge in [0.05, 0.1) is 5.92 Å². The van der Waals surface area contributed by atoms with Gasteiger partial charge >= 0.3 is 13.9 Å². The number of halogens is 1. The molecule has 0 rings (SSSR count). The minimum Gasteiger partial charge on any atom is -0.367 e. The average molecular weight is 400 g/mol. The molecule has 0 aromatic heterocycles. The van der Waals surface area contributed by atoms with E-state index < -0.39 is 19.8 Å². The van der Waals surface area contributed by atoms with Gasteiger partial charge < -0.3 is 4.52 Å². The quantitative estimate of drug-likeness (QED) is 0.183. The number of rotatable bonds is 15. The Morgan fingerprint density at radius 2 is 1.44 bits per heavy atom. The largest absolute Gasteiger partial charge is 0.569 e. The third-order valence-corrected chi connectivity index (χ3v) is 4.23. The first kappa shape index (κ1) is 25.6. The molecule has 6 heteroatoms. The van der Waals surface area contributed by atoms with E-state index in [-0.39, 0.29) is 0 Å². The average Bonchev–Trinajstić information content (AvgIpc) is 2.59. The Balaban J connectivity index is 3.69. The summed E-state index contributed by atoms with van der Waals surface area (Å²) in [5.74, 6) is -1.61. The summed E-state index contributed by atoms with van der Waals surface area (Å²) in [6.45, 7) is 3.75. The molecule has 0 aromatic rings. The van der Waals surface area contributed by atoms with Gasteiger partial charge in [0.15, 0.2) is 0 Å². The number of carbonyl (C=O) groups excluding carboxylic acids is 1. The van der Waals surface area contributed by atoms with Gasteiger partial charge in [0.25, 0.3) is 0 Å². The van der Waals surface area contributed by atoms with Crippen LogP contribution < -0.4 is 0 Å². The smallest absolute Gasteiger partial charge is 0.367 e. The zero-order valence-corrected chi connectivity index (χ0v) is 17.5. The van der Waals surface area contributed by atoms with Crippen molar-refractivity contribution < 1.29 is 23.0 Å². The van der Waals surface area contributed by atoms with E-state index in [9.17, 15) is 13.6 Å². The topological polar surface area (TPSA) is 63.6 Å². The van der Waals surface area contributed by atoms with Gasteiger partial charge in [-0.2, -0.15) is 0 Å². The lowest BCUT2D eigenvalue weighted by Gasteiger charge is -2.09. The molecule has 154 valence electrons. The van der Waals surface area contributed by atoms with Crippen LogP contribution in [0, 0.1) is 5.92 Å². The van der Waals surface area contributed by atoms with E-state index in [1.807, 2.05) is 12.2 Å². The van der Waals surface area contributed by atoms with Crippen molar-refractivity contribution in [2.24, 2.45) is 5.92 Å². The van der Waals surface area contributed by atoms with Crippen LogP contribution in [0.25, 0.3) is 0 Å². The molecule has 2 atom stereocenters. The number of unbranched alkanes of at least 4 members (excludes halogenated alkanes) is 3. The van der Waals surface area contributed by atoms with E-state index in [1.54, 1.807) is 6.92 Å². The molecule has 0 saturated carbocycles. The second-order valence-electron chi connectivity index (χ2n) is 6.43. The molecule has 0 aliphatic carbocycles. The molecule has 0 bridgehead atoms. The van der Waals surface area contributed by atoms with E-state index in [1.165, 1.54) is 25.7 Å². The van der Waals surface area contributed by atoms with Crippen molar-refractivity contribution in [2.75, 3.05) is 0 Å². The fourth-order valence-corrected chi connectivity index (χ4v) is 2.63. The SMILES string of the molecule is CCCCCC=CCC=CCC=CCC=CCCC(C)C(=O)OP(=O)(O)F. The van der Waals surface area contributed by atoms with Gasteiger partial charge in [-0.1, -0.05) is 75.3 Å². The Morgan fingerprint density at radius 1 is 0.963 bits per heavy atom. The second-order valence-corrected chi connectivity index (χ2v) is 7.51. The van der Waals surface area contributed by atoms with Crippen molar-refractivity contribution in [1.29, 1.82) is 0 Å². The molecule has 27 heavy (non-hydrogen) atoms. The first-order valence-corrected chi connectivity index (χ1v) is 11.2. The Bertz CT molecular complexity index is 546. The fraction of sp³-hybridized carbons (Fsp3) is 0.571. The lowest BCUT2D eigenvalue weighted by molar-refractivity contribution is -0.139. The van der Waals surface area contributed by atoms with Crippen LogP contribution in [0.4, 0.5) is 4.20 Å². The van der Waals surface area contributed by atoms with E-state index in [4.69, 9.17) is 4.89 Å². The monoisotopic (exact) mass is 400 g/mol. The summed E-state index contributed by atoms with van der Waals surface area (Å²) in [5.41, 5.74) is 0. The molecule has 1 N–H and O–H groups in total. The summed E-state index contributed by atoms with van der Waals surface area (Å²) >= 11 is 0. The summed E-state index contributed by atoms with van der Waals surface area (Å²) in [7, 11) is -5.24. The molecular formula is C21H34FO4P. The zero-order valence-electron chi connectivity index (χ0n) is 16.6. The highest BCUT2D eigenvalue weighted by Gasteiger charge is 2.26.